The Bertz CT molecular complexity index is 502. The molecule has 0 aliphatic heterocycles. The summed E-state index contributed by atoms with van der Waals surface area (Å²) in [5.74, 6) is -0.568. The molecule has 2 rings (SSSR count). The van der Waals surface area contributed by atoms with E-state index in [9.17, 15) is 4.79 Å². The van der Waals surface area contributed by atoms with E-state index < -0.39 is 5.97 Å². The zero-order valence-electron chi connectivity index (χ0n) is 8.10. The van der Waals surface area contributed by atoms with E-state index >= 15 is 0 Å². The summed E-state index contributed by atoms with van der Waals surface area (Å²) >= 11 is 0. The molecule has 0 aliphatic carbocycles. The molecule has 76 valence electrons. The third-order valence-electron chi connectivity index (χ3n) is 2.10. The fraction of sp³-hybridized carbons (Fsp3) is 0.0909. The summed E-state index contributed by atoms with van der Waals surface area (Å²) in [6.45, 7) is 1.89. The van der Waals surface area contributed by atoms with Crippen LogP contribution >= 0.6 is 0 Å². The van der Waals surface area contributed by atoms with Gasteiger partial charge in [0.1, 0.15) is 5.76 Å². The second-order valence-corrected chi connectivity index (χ2v) is 3.16. The molecule has 4 heteroatoms. The lowest BCUT2D eigenvalue weighted by atomic mass is 10.1. The molecule has 1 N–H and O–H groups in total. The maximum absolute atomic E-state index is 10.6. The van der Waals surface area contributed by atoms with E-state index in [1.807, 2.05) is 6.92 Å². The molecular weight excluding hydrogens is 194 g/mol. The van der Waals surface area contributed by atoms with Gasteiger partial charge in [0.2, 0.25) is 5.76 Å². The van der Waals surface area contributed by atoms with Crippen molar-refractivity contribution in [1.82, 2.24) is 4.98 Å². The first-order valence-electron chi connectivity index (χ1n) is 4.42. The highest BCUT2D eigenvalue weighted by Gasteiger charge is 2.11. The van der Waals surface area contributed by atoms with Crippen LogP contribution in [0.2, 0.25) is 0 Å². The molecule has 0 spiro atoms. The fourth-order valence-corrected chi connectivity index (χ4v) is 1.35. The van der Waals surface area contributed by atoms with Gasteiger partial charge in [-0.05, 0) is 30.7 Å². The van der Waals surface area contributed by atoms with Crippen molar-refractivity contribution in [3.8, 4) is 11.3 Å². The molecule has 4 nitrogen and oxygen atoms in total. The normalized spacial score (nSPS) is 10.2. The Hall–Kier alpha value is -2.10. The van der Waals surface area contributed by atoms with Crippen LogP contribution in [0.3, 0.4) is 0 Å². The summed E-state index contributed by atoms with van der Waals surface area (Å²) in [6, 6.07) is 4.88. The highest BCUT2D eigenvalue weighted by atomic mass is 16.4. The van der Waals surface area contributed by atoms with E-state index in [0.29, 0.717) is 5.76 Å². The van der Waals surface area contributed by atoms with Crippen molar-refractivity contribution in [3.63, 3.8) is 0 Å². The lowest BCUT2D eigenvalue weighted by Crippen LogP contribution is -1.91. The molecular formula is C11H9NO3. The molecule has 0 aliphatic rings. The monoisotopic (exact) mass is 203 g/mol. The van der Waals surface area contributed by atoms with Gasteiger partial charge in [0, 0.05) is 18.0 Å². The SMILES string of the molecule is Cc1cnccc1-c1ccc(C(=O)O)o1. The van der Waals surface area contributed by atoms with E-state index in [1.165, 1.54) is 6.07 Å². The van der Waals surface area contributed by atoms with Crippen LogP contribution in [-0.2, 0) is 0 Å². The van der Waals surface area contributed by atoms with E-state index in [-0.39, 0.29) is 5.76 Å². The van der Waals surface area contributed by atoms with E-state index in [2.05, 4.69) is 4.98 Å². The van der Waals surface area contributed by atoms with Gasteiger partial charge in [-0.15, -0.1) is 0 Å². The van der Waals surface area contributed by atoms with E-state index in [4.69, 9.17) is 9.52 Å². The first-order valence-corrected chi connectivity index (χ1v) is 4.42. The van der Waals surface area contributed by atoms with Crippen LogP contribution in [0.1, 0.15) is 16.1 Å². The van der Waals surface area contributed by atoms with E-state index in [1.54, 1.807) is 24.5 Å². The number of aromatic nitrogens is 1. The topological polar surface area (TPSA) is 63.3 Å². The van der Waals surface area contributed by atoms with Gasteiger partial charge in [0.05, 0.1) is 0 Å². The molecule has 0 fully saturated rings. The summed E-state index contributed by atoms with van der Waals surface area (Å²) in [5, 5.41) is 8.71. The number of aryl methyl sites for hydroxylation is 1. The summed E-state index contributed by atoms with van der Waals surface area (Å²) in [7, 11) is 0. The van der Waals surface area contributed by atoms with Crippen LogP contribution in [0.4, 0.5) is 0 Å². The van der Waals surface area contributed by atoms with Crippen molar-refractivity contribution in [2.24, 2.45) is 0 Å². The highest BCUT2D eigenvalue weighted by Crippen LogP contribution is 2.24. The van der Waals surface area contributed by atoms with Crippen LogP contribution in [0.5, 0.6) is 0 Å². The molecule has 0 saturated heterocycles. The van der Waals surface area contributed by atoms with Crippen LogP contribution in [-0.4, -0.2) is 16.1 Å². The summed E-state index contributed by atoms with van der Waals surface area (Å²) in [5.41, 5.74) is 1.81. The van der Waals surface area contributed by atoms with Gasteiger partial charge in [-0.2, -0.15) is 0 Å². The van der Waals surface area contributed by atoms with Crippen LogP contribution in [0.15, 0.2) is 35.0 Å². The van der Waals surface area contributed by atoms with Crippen molar-refractivity contribution in [3.05, 3.63) is 41.9 Å². The predicted molar refractivity (Wildman–Crippen MR) is 53.6 cm³/mol. The lowest BCUT2D eigenvalue weighted by molar-refractivity contribution is 0.0663. The number of hydrogen-bond acceptors (Lipinski definition) is 3. The van der Waals surface area contributed by atoms with Crippen LogP contribution in [0, 0.1) is 6.92 Å². The molecule has 0 radical (unpaired) electrons. The van der Waals surface area contributed by atoms with Crippen molar-refractivity contribution in [2.75, 3.05) is 0 Å². The zero-order valence-corrected chi connectivity index (χ0v) is 8.10. The van der Waals surface area contributed by atoms with Gasteiger partial charge in [0.15, 0.2) is 0 Å². The number of carboxylic acids is 1. The van der Waals surface area contributed by atoms with Crippen LogP contribution < -0.4 is 0 Å². The highest BCUT2D eigenvalue weighted by molar-refractivity contribution is 5.85. The first kappa shape index (κ1) is 9.45. The number of carboxylic acid groups (broad SMARTS) is 1. The van der Waals surface area contributed by atoms with Crippen molar-refractivity contribution < 1.29 is 14.3 Å². The number of hydrogen-bond donors (Lipinski definition) is 1. The molecule has 2 aromatic rings. The molecule has 0 unspecified atom stereocenters. The Labute approximate surface area is 86.2 Å². The third-order valence-corrected chi connectivity index (χ3v) is 2.10. The van der Waals surface area contributed by atoms with Crippen molar-refractivity contribution in [1.29, 1.82) is 0 Å². The largest absolute Gasteiger partial charge is 0.475 e. The minimum atomic E-state index is -1.06. The van der Waals surface area contributed by atoms with E-state index in [0.717, 1.165) is 11.1 Å². The van der Waals surface area contributed by atoms with Crippen molar-refractivity contribution >= 4 is 5.97 Å². The van der Waals surface area contributed by atoms with Gasteiger partial charge < -0.3 is 9.52 Å². The second kappa shape index (κ2) is 3.57. The molecule has 2 aromatic heterocycles. The Kier molecular flexibility index (Phi) is 2.25. The maximum atomic E-state index is 10.6. The molecule has 0 amide bonds. The fourth-order valence-electron chi connectivity index (χ4n) is 1.35. The van der Waals surface area contributed by atoms with Gasteiger partial charge in [0.25, 0.3) is 0 Å². The Balaban J connectivity index is 2.46. The summed E-state index contributed by atoms with van der Waals surface area (Å²) in [4.78, 5) is 14.6. The number of pyridine rings is 1. The number of nitrogens with zero attached hydrogens (tertiary/aromatic N) is 1. The van der Waals surface area contributed by atoms with Gasteiger partial charge in [-0.1, -0.05) is 0 Å². The standard InChI is InChI=1S/C11H9NO3/c1-7-6-12-5-4-8(7)9-2-3-10(15-9)11(13)14/h2-6H,1H3,(H,13,14). The number of furan rings is 1. The molecule has 0 atom stereocenters. The number of rotatable bonds is 2. The Morgan fingerprint density at radius 3 is 2.80 bits per heavy atom. The van der Waals surface area contributed by atoms with Crippen LogP contribution in [0.25, 0.3) is 11.3 Å². The summed E-state index contributed by atoms with van der Waals surface area (Å²) < 4.78 is 5.18. The number of aromatic carboxylic acids is 1. The average Bonchev–Trinajstić information content (AvgIpc) is 2.67. The smallest absolute Gasteiger partial charge is 0.371 e. The molecule has 0 aromatic carbocycles. The predicted octanol–water partition coefficient (Wildman–Crippen LogP) is 2.35. The molecule has 0 bridgehead atoms. The zero-order chi connectivity index (χ0) is 10.8. The average molecular weight is 203 g/mol. The van der Waals surface area contributed by atoms with Crippen molar-refractivity contribution in [2.45, 2.75) is 6.92 Å². The quantitative estimate of drug-likeness (QED) is 0.813. The van der Waals surface area contributed by atoms with Gasteiger partial charge in [-0.3, -0.25) is 4.98 Å². The summed E-state index contributed by atoms with van der Waals surface area (Å²) in [6.07, 6.45) is 3.35. The maximum Gasteiger partial charge on any atom is 0.371 e. The third kappa shape index (κ3) is 1.74. The van der Waals surface area contributed by atoms with Gasteiger partial charge >= 0.3 is 5.97 Å². The number of carbonyl (C=O) groups is 1. The Morgan fingerprint density at radius 2 is 2.20 bits per heavy atom. The first-order chi connectivity index (χ1) is 7.18. The minimum absolute atomic E-state index is 0.0544. The van der Waals surface area contributed by atoms with Gasteiger partial charge in [-0.25, -0.2) is 4.79 Å². The molecule has 2 heterocycles. The lowest BCUT2D eigenvalue weighted by Gasteiger charge is -1.99. The minimum Gasteiger partial charge on any atom is -0.475 e. The second-order valence-electron chi connectivity index (χ2n) is 3.16. The Morgan fingerprint density at radius 1 is 1.40 bits per heavy atom. The molecule has 15 heavy (non-hydrogen) atoms. The molecule has 0 saturated carbocycles.